The maximum atomic E-state index is 12.6. The lowest BCUT2D eigenvalue weighted by Crippen LogP contribution is -2.59. The minimum Gasteiger partial charge on any atom is -0.354 e. The van der Waals surface area contributed by atoms with Crippen molar-refractivity contribution in [1.82, 2.24) is 15.5 Å². The van der Waals surface area contributed by atoms with Crippen LogP contribution in [-0.4, -0.2) is 60.1 Å². The van der Waals surface area contributed by atoms with Crippen molar-refractivity contribution in [2.45, 2.75) is 63.5 Å². The summed E-state index contributed by atoms with van der Waals surface area (Å²) < 4.78 is 0. The Morgan fingerprint density at radius 2 is 1.96 bits per heavy atom. The van der Waals surface area contributed by atoms with Gasteiger partial charge in [0, 0.05) is 48.6 Å². The number of hydrogen-bond acceptors (Lipinski definition) is 4. The smallest absolute Gasteiger partial charge is 0.223 e. The molecule has 2 atom stereocenters. The minimum atomic E-state index is 0. The lowest BCUT2D eigenvalue weighted by molar-refractivity contribution is -0.127. The van der Waals surface area contributed by atoms with Crippen molar-refractivity contribution in [2.75, 3.05) is 37.7 Å². The first-order valence-electron chi connectivity index (χ1n) is 9.53. The fourth-order valence-corrected chi connectivity index (χ4v) is 5.52. The van der Waals surface area contributed by atoms with Crippen LogP contribution in [0, 0.1) is 5.92 Å². The van der Waals surface area contributed by atoms with E-state index in [1.54, 1.807) is 0 Å². The van der Waals surface area contributed by atoms with Crippen LogP contribution >= 0.6 is 24.2 Å². The van der Waals surface area contributed by atoms with Gasteiger partial charge in [-0.25, -0.2) is 0 Å². The second-order valence-electron chi connectivity index (χ2n) is 7.68. The number of piperidine rings is 1. The van der Waals surface area contributed by atoms with Crippen molar-refractivity contribution >= 4 is 30.1 Å². The van der Waals surface area contributed by atoms with Gasteiger partial charge in [0.2, 0.25) is 5.91 Å². The summed E-state index contributed by atoms with van der Waals surface area (Å²) in [7, 11) is 0. The quantitative estimate of drug-likeness (QED) is 0.792. The summed E-state index contributed by atoms with van der Waals surface area (Å²) in [4.78, 5) is 15.4. The molecule has 2 heterocycles. The number of carbonyl (C=O) groups is 1. The van der Waals surface area contributed by atoms with Gasteiger partial charge in [0.1, 0.15) is 0 Å². The Kier molecular flexibility index (Phi) is 8.18. The van der Waals surface area contributed by atoms with E-state index in [9.17, 15) is 4.79 Å². The highest BCUT2D eigenvalue weighted by Crippen LogP contribution is 2.35. The number of nitrogens with zero attached hydrogens (tertiary/aromatic N) is 1. The van der Waals surface area contributed by atoms with E-state index in [4.69, 9.17) is 0 Å². The van der Waals surface area contributed by atoms with Crippen LogP contribution in [0.25, 0.3) is 0 Å². The number of amides is 1. The molecule has 24 heavy (non-hydrogen) atoms. The summed E-state index contributed by atoms with van der Waals surface area (Å²) in [6.45, 7) is 6.44. The second-order valence-corrected chi connectivity index (χ2v) is 8.90. The molecule has 0 aromatic carbocycles. The first kappa shape index (κ1) is 20.3. The molecule has 0 unspecified atom stereocenters. The number of thioether (sulfide) groups is 1. The number of hydrogen-bond donors (Lipinski definition) is 2. The molecular formula is C18H34ClN3OS. The molecule has 2 saturated heterocycles. The van der Waals surface area contributed by atoms with Crippen LogP contribution in [-0.2, 0) is 4.79 Å². The molecule has 0 aromatic heterocycles. The summed E-state index contributed by atoms with van der Waals surface area (Å²) in [5.41, 5.74) is 0.243. The summed E-state index contributed by atoms with van der Waals surface area (Å²) in [5, 5.41) is 6.81. The van der Waals surface area contributed by atoms with Gasteiger partial charge in [0.15, 0.2) is 0 Å². The molecule has 1 amide bonds. The maximum absolute atomic E-state index is 12.6. The standard InChI is InChI=1S/C18H33N3OS.ClH/c1-15-13-16(5-8-19-15)17(22)20-14-18(6-3-2-4-7-18)21-9-11-23-12-10-21;/h15-16,19H,2-14H2,1H3,(H,20,22);1H/t15-,16-;/m0./s1. The third kappa shape index (κ3) is 5.03. The molecule has 3 fully saturated rings. The van der Waals surface area contributed by atoms with Gasteiger partial charge in [-0.1, -0.05) is 19.3 Å². The van der Waals surface area contributed by atoms with Crippen LogP contribution in [0.15, 0.2) is 0 Å². The third-order valence-corrected chi connectivity index (χ3v) is 6.99. The highest BCUT2D eigenvalue weighted by molar-refractivity contribution is 7.99. The molecule has 2 aliphatic heterocycles. The average Bonchev–Trinajstić information content (AvgIpc) is 2.61. The Morgan fingerprint density at radius 3 is 2.62 bits per heavy atom. The number of rotatable bonds is 4. The van der Waals surface area contributed by atoms with Crippen molar-refractivity contribution in [2.24, 2.45) is 5.92 Å². The van der Waals surface area contributed by atoms with E-state index in [1.807, 2.05) is 0 Å². The zero-order chi connectivity index (χ0) is 16.1. The second kappa shape index (κ2) is 9.65. The first-order chi connectivity index (χ1) is 11.2. The molecule has 2 N–H and O–H groups in total. The molecule has 1 saturated carbocycles. The van der Waals surface area contributed by atoms with Crippen LogP contribution in [0.5, 0.6) is 0 Å². The van der Waals surface area contributed by atoms with Gasteiger partial charge in [0.05, 0.1) is 0 Å². The Hall–Kier alpha value is 0.0300. The maximum Gasteiger partial charge on any atom is 0.223 e. The molecule has 0 bridgehead atoms. The highest BCUT2D eigenvalue weighted by atomic mass is 35.5. The lowest BCUT2D eigenvalue weighted by Gasteiger charge is -2.48. The summed E-state index contributed by atoms with van der Waals surface area (Å²) >= 11 is 2.07. The zero-order valence-electron chi connectivity index (χ0n) is 15.0. The van der Waals surface area contributed by atoms with E-state index in [1.165, 1.54) is 56.7 Å². The van der Waals surface area contributed by atoms with Gasteiger partial charge in [-0.15, -0.1) is 12.4 Å². The van der Waals surface area contributed by atoms with E-state index in [-0.39, 0.29) is 23.9 Å². The number of halogens is 1. The van der Waals surface area contributed by atoms with Crippen molar-refractivity contribution in [3.8, 4) is 0 Å². The van der Waals surface area contributed by atoms with Gasteiger partial charge < -0.3 is 10.6 Å². The van der Waals surface area contributed by atoms with Crippen molar-refractivity contribution in [3.63, 3.8) is 0 Å². The summed E-state index contributed by atoms with van der Waals surface area (Å²) in [6.07, 6.45) is 8.52. The molecule has 0 spiro atoms. The average molecular weight is 376 g/mol. The van der Waals surface area contributed by atoms with Gasteiger partial charge in [0.25, 0.3) is 0 Å². The number of carbonyl (C=O) groups excluding carboxylic acids is 1. The van der Waals surface area contributed by atoms with Gasteiger partial charge in [-0.3, -0.25) is 9.69 Å². The van der Waals surface area contributed by atoms with Crippen LogP contribution < -0.4 is 10.6 Å². The van der Waals surface area contributed by atoms with E-state index >= 15 is 0 Å². The SMILES string of the molecule is C[C@H]1C[C@@H](C(=O)NCC2(N3CCSCC3)CCCCC2)CCN1.Cl. The van der Waals surface area contributed by atoms with Gasteiger partial charge in [-0.05, 0) is 39.2 Å². The van der Waals surface area contributed by atoms with Crippen LogP contribution in [0.4, 0.5) is 0 Å². The van der Waals surface area contributed by atoms with Crippen molar-refractivity contribution < 1.29 is 4.79 Å². The predicted octanol–water partition coefficient (Wildman–Crippen LogP) is 2.66. The monoisotopic (exact) mass is 375 g/mol. The third-order valence-electron chi connectivity index (χ3n) is 6.05. The first-order valence-corrected chi connectivity index (χ1v) is 10.7. The molecule has 0 aromatic rings. The molecule has 3 rings (SSSR count). The van der Waals surface area contributed by atoms with E-state index < -0.39 is 0 Å². The van der Waals surface area contributed by atoms with E-state index in [2.05, 4.69) is 34.2 Å². The van der Waals surface area contributed by atoms with Crippen molar-refractivity contribution in [3.05, 3.63) is 0 Å². The fraction of sp³-hybridized carbons (Fsp3) is 0.944. The van der Waals surface area contributed by atoms with Gasteiger partial charge in [-0.2, -0.15) is 11.8 Å². The number of nitrogens with one attached hydrogen (secondary N) is 2. The Morgan fingerprint density at radius 1 is 1.25 bits per heavy atom. The Balaban J connectivity index is 0.00000208. The Labute approximate surface area is 157 Å². The summed E-state index contributed by atoms with van der Waals surface area (Å²) in [5.74, 6) is 3.02. The fourth-order valence-electron chi connectivity index (χ4n) is 4.62. The molecule has 0 radical (unpaired) electrons. The van der Waals surface area contributed by atoms with E-state index in [0.717, 1.165) is 25.9 Å². The molecular weight excluding hydrogens is 342 g/mol. The largest absolute Gasteiger partial charge is 0.354 e. The molecule has 140 valence electrons. The van der Waals surface area contributed by atoms with E-state index in [0.29, 0.717) is 11.9 Å². The molecule has 1 aliphatic carbocycles. The van der Waals surface area contributed by atoms with Crippen LogP contribution in [0.3, 0.4) is 0 Å². The lowest BCUT2D eigenvalue weighted by atomic mass is 9.79. The van der Waals surface area contributed by atoms with Crippen LogP contribution in [0.2, 0.25) is 0 Å². The zero-order valence-corrected chi connectivity index (χ0v) is 16.7. The van der Waals surface area contributed by atoms with Crippen LogP contribution in [0.1, 0.15) is 51.9 Å². The summed E-state index contributed by atoms with van der Waals surface area (Å²) in [6, 6.07) is 0.474. The minimum absolute atomic E-state index is 0. The predicted molar refractivity (Wildman–Crippen MR) is 105 cm³/mol. The topological polar surface area (TPSA) is 44.4 Å². The normalized spacial score (nSPS) is 31.0. The molecule has 3 aliphatic rings. The highest BCUT2D eigenvalue weighted by Gasteiger charge is 2.39. The van der Waals surface area contributed by atoms with Crippen molar-refractivity contribution in [1.29, 1.82) is 0 Å². The molecule has 6 heteroatoms. The molecule has 4 nitrogen and oxygen atoms in total. The van der Waals surface area contributed by atoms with Gasteiger partial charge >= 0.3 is 0 Å². The Bertz CT molecular complexity index is 398.